The lowest BCUT2D eigenvalue weighted by Crippen LogP contribution is -2.51. The Balaban J connectivity index is 1.59. The van der Waals surface area contributed by atoms with E-state index >= 15 is 0 Å². The Hall–Kier alpha value is -1.37. The van der Waals surface area contributed by atoms with Gasteiger partial charge in [0.1, 0.15) is 5.69 Å². The molecule has 7 heteroatoms. The van der Waals surface area contributed by atoms with Crippen LogP contribution in [0.3, 0.4) is 0 Å². The topological polar surface area (TPSA) is 81.1 Å². The Morgan fingerprint density at radius 3 is 2.61 bits per heavy atom. The minimum Gasteiger partial charge on any atom is -0.345 e. The number of hydrogen-bond donors (Lipinski definition) is 1. The number of carbonyl (C=O) groups excluding carboxylic acids is 1. The van der Waals surface area contributed by atoms with Crippen LogP contribution in [-0.2, 0) is 9.84 Å². The zero-order valence-electron chi connectivity index (χ0n) is 13.4. The zero-order chi connectivity index (χ0) is 16.2. The van der Waals surface area contributed by atoms with Crippen molar-refractivity contribution in [3.63, 3.8) is 0 Å². The van der Waals surface area contributed by atoms with Crippen molar-refractivity contribution in [1.82, 2.24) is 15.1 Å². The molecule has 4 rings (SSSR count). The van der Waals surface area contributed by atoms with E-state index in [1.807, 2.05) is 10.7 Å². The molecule has 1 unspecified atom stereocenters. The van der Waals surface area contributed by atoms with Crippen LogP contribution in [0.1, 0.15) is 73.6 Å². The lowest BCUT2D eigenvalue weighted by molar-refractivity contribution is 0.0844. The SMILES string of the molecule is CC1(NC(=O)c2cc(C3CC3)n(C3CCS(=O)(=O)C3)n2)CCC1. The second-order valence-corrected chi connectivity index (χ2v) is 9.83. The molecule has 1 aliphatic heterocycles. The molecule has 3 fully saturated rings. The molecular weight excluding hydrogens is 314 g/mol. The maximum atomic E-state index is 12.5. The van der Waals surface area contributed by atoms with E-state index in [-0.39, 0.29) is 29.0 Å². The van der Waals surface area contributed by atoms with Gasteiger partial charge in [-0.05, 0) is 51.5 Å². The van der Waals surface area contributed by atoms with Crippen molar-refractivity contribution >= 4 is 15.7 Å². The number of nitrogens with one attached hydrogen (secondary N) is 1. The van der Waals surface area contributed by atoms with E-state index in [0.29, 0.717) is 18.0 Å². The molecule has 1 aromatic rings. The van der Waals surface area contributed by atoms with E-state index in [9.17, 15) is 13.2 Å². The molecule has 2 saturated carbocycles. The quantitative estimate of drug-likeness (QED) is 0.908. The fraction of sp³-hybridized carbons (Fsp3) is 0.750. The number of sulfone groups is 1. The van der Waals surface area contributed by atoms with Crippen molar-refractivity contribution < 1.29 is 13.2 Å². The predicted octanol–water partition coefficient (Wildman–Crippen LogP) is 1.79. The predicted molar refractivity (Wildman–Crippen MR) is 86.2 cm³/mol. The lowest BCUT2D eigenvalue weighted by Gasteiger charge is -2.38. The van der Waals surface area contributed by atoms with Gasteiger partial charge in [0.05, 0.1) is 17.5 Å². The summed E-state index contributed by atoms with van der Waals surface area (Å²) in [4.78, 5) is 12.5. The maximum absolute atomic E-state index is 12.5. The van der Waals surface area contributed by atoms with E-state index in [1.54, 1.807) is 0 Å². The van der Waals surface area contributed by atoms with Gasteiger partial charge in [0.25, 0.3) is 5.91 Å². The van der Waals surface area contributed by atoms with E-state index in [1.165, 1.54) is 0 Å². The maximum Gasteiger partial charge on any atom is 0.272 e. The van der Waals surface area contributed by atoms with Crippen molar-refractivity contribution in [3.8, 4) is 0 Å². The van der Waals surface area contributed by atoms with Gasteiger partial charge in [-0.15, -0.1) is 0 Å². The summed E-state index contributed by atoms with van der Waals surface area (Å²) in [6.07, 6.45) is 5.97. The Bertz CT molecular complexity index is 745. The first-order chi connectivity index (χ1) is 10.9. The highest BCUT2D eigenvalue weighted by Crippen LogP contribution is 2.42. The monoisotopic (exact) mass is 337 g/mol. The molecule has 2 heterocycles. The van der Waals surface area contributed by atoms with Crippen LogP contribution in [0.2, 0.25) is 0 Å². The fourth-order valence-corrected chi connectivity index (χ4v) is 5.33. The van der Waals surface area contributed by atoms with Crippen LogP contribution in [-0.4, -0.2) is 41.2 Å². The first kappa shape index (κ1) is 15.2. The molecule has 0 radical (unpaired) electrons. The van der Waals surface area contributed by atoms with Crippen molar-refractivity contribution in [2.75, 3.05) is 11.5 Å². The van der Waals surface area contributed by atoms with Crippen molar-refractivity contribution in [3.05, 3.63) is 17.5 Å². The van der Waals surface area contributed by atoms with Gasteiger partial charge in [-0.25, -0.2) is 8.42 Å². The number of aromatic nitrogens is 2. The van der Waals surface area contributed by atoms with Crippen LogP contribution in [0, 0.1) is 0 Å². The Labute approximate surface area is 136 Å². The number of amides is 1. The average Bonchev–Trinajstić information content (AvgIpc) is 3.09. The molecule has 126 valence electrons. The smallest absolute Gasteiger partial charge is 0.272 e. The van der Waals surface area contributed by atoms with Crippen molar-refractivity contribution in [1.29, 1.82) is 0 Å². The van der Waals surface area contributed by atoms with E-state index in [0.717, 1.165) is 37.8 Å². The Kier molecular flexibility index (Phi) is 3.34. The molecular formula is C16H23N3O3S. The summed E-state index contributed by atoms with van der Waals surface area (Å²) >= 11 is 0. The normalized spacial score (nSPS) is 28.3. The summed E-state index contributed by atoms with van der Waals surface area (Å²) in [5, 5.41) is 7.58. The third-order valence-corrected chi connectivity index (χ3v) is 7.17. The summed E-state index contributed by atoms with van der Waals surface area (Å²) < 4.78 is 25.4. The Morgan fingerprint density at radius 1 is 1.35 bits per heavy atom. The van der Waals surface area contributed by atoms with Crippen LogP contribution in [0.25, 0.3) is 0 Å². The van der Waals surface area contributed by atoms with Gasteiger partial charge >= 0.3 is 0 Å². The third kappa shape index (κ3) is 2.91. The van der Waals surface area contributed by atoms with Gasteiger partial charge in [-0.1, -0.05) is 0 Å². The molecule has 0 spiro atoms. The molecule has 1 amide bonds. The first-order valence-corrected chi connectivity index (χ1v) is 10.3. The van der Waals surface area contributed by atoms with E-state index in [4.69, 9.17) is 0 Å². The molecule has 1 aromatic heterocycles. The number of nitrogens with zero attached hydrogens (tertiary/aromatic N) is 2. The van der Waals surface area contributed by atoms with Crippen molar-refractivity contribution in [2.45, 2.75) is 62.9 Å². The van der Waals surface area contributed by atoms with Gasteiger partial charge in [0.15, 0.2) is 9.84 Å². The van der Waals surface area contributed by atoms with Crippen molar-refractivity contribution in [2.24, 2.45) is 0 Å². The minimum atomic E-state index is -2.96. The molecule has 1 N–H and O–H groups in total. The fourth-order valence-electron chi connectivity index (χ4n) is 3.63. The largest absolute Gasteiger partial charge is 0.345 e. The highest BCUT2D eigenvalue weighted by atomic mass is 32.2. The number of carbonyl (C=O) groups is 1. The second-order valence-electron chi connectivity index (χ2n) is 7.60. The third-order valence-electron chi connectivity index (χ3n) is 5.42. The summed E-state index contributed by atoms with van der Waals surface area (Å²) in [5.41, 5.74) is 1.37. The molecule has 23 heavy (non-hydrogen) atoms. The highest BCUT2D eigenvalue weighted by molar-refractivity contribution is 7.91. The van der Waals surface area contributed by atoms with Gasteiger partial charge < -0.3 is 5.32 Å². The minimum absolute atomic E-state index is 0.0999. The number of hydrogen-bond acceptors (Lipinski definition) is 4. The molecule has 0 aromatic carbocycles. The van der Waals surface area contributed by atoms with Gasteiger partial charge in [0.2, 0.25) is 0 Å². The lowest BCUT2D eigenvalue weighted by atomic mass is 9.78. The molecule has 1 atom stereocenters. The number of rotatable bonds is 4. The van der Waals surface area contributed by atoms with Gasteiger partial charge in [-0.2, -0.15) is 5.10 Å². The van der Waals surface area contributed by atoms with E-state index < -0.39 is 9.84 Å². The molecule has 0 bridgehead atoms. The van der Waals surface area contributed by atoms with Crippen LogP contribution in [0.15, 0.2) is 6.07 Å². The van der Waals surface area contributed by atoms with Crippen LogP contribution < -0.4 is 5.32 Å². The summed E-state index contributed by atoms with van der Waals surface area (Å²) in [6, 6.07) is 1.76. The molecule has 3 aliphatic rings. The second kappa shape index (κ2) is 5.06. The zero-order valence-corrected chi connectivity index (χ0v) is 14.2. The average molecular weight is 337 g/mol. The van der Waals surface area contributed by atoms with E-state index in [2.05, 4.69) is 17.3 Å². The molecule has 6 nitrogen and oxygen atoms in total. The summed E-state index contributed by atoms with van der Waals surface area (Å²) in [7, 11) is -2.96. The Morgan fingerprint density at radius 2 is 2.09 bits per heavy atom. The van der Waals surface area contributed by atoms with Gasteiger partial charge in [0, 0.05) is 17.2 Å². The first-order valence-electron chi connectivity index (χ1n) is 8.48. The van der Waals surface area contributed by atoms with Gasteiger partial charge in [-0.3, -0.25) is 9.48 Å². The van der Waals surface area contributed by atoms with Crippen LogP contribution in [0.5, 0.6) is 0 Å². The summed E-state index contributed by atoms with van der Waals surface area (Å²) in [5.74, 6) is 0.675. The highest BCUT2D eigenvalue weighted by Gasteiger charge is 2.38. The molecule has 2 aliphatic carbocycles. The standard InChI is InChI=1S/C16H23N3O3S/c1-16(6-2-7-16)17-15(20)13-9-14(11-3-4-11)19(18-13)12-5-8-23(21,22)10-12/h9,11-12H,2-8,10H2,1H3,(H,17,20). The van der Waals surface area contributed by atoms with Crippen LogP contribution >= 0.6 is 0 Å². The van der Waals surface area contributed by atoms with Crippen LogP contribution in [0.4, 0.5) is 0 Å². The molecule has 1 saturated heterocycles. The summed E-state index contributed by atoms with van der Waals surface area (Å²) in [6.45, 7) is 2.07.